The van der Waals surface area contributed by atoms with E-state index in [1.54, 1.807) is 6.92 Å². The van der Waals surface area contributed by atoms with Crippen LogP contribution in [0.15, 0.2) is 0 Å². The number of nitrogens with zero attached hydrogens (tertiary/aromatic N) is 2. The maximum Gasteiger partial charge on any atom is 0.219 e. The summed E-state index contributed by atoms with van der Waals surface area (Å²) in [6.07, 6.45) is 3.47. The van der Waals surface area contributed by atoms with Gasteiger partial charge in [-0.1, -0.05) is 6.92 Å². The molecule has 0 aromatic rings. The smallest absolute Gasteiger partial charge is 0.219 e. The summed E-state index contributed by atoms with van der Waals surface area (Å²) in [6.45, 7) is 8.27. The van der Waals surface area contributed by atoms with Gasteiger partial charge in [-0.25, -0.2) is 0 Å². The molecule has 2 fully saturated rings. The number of piperidine rings is 2. The van der Waals surface area contributed by atoms with Crippen molar-refractivity contribution in [1.82, 2.24) is 15.1 Å². The molecule has 0 saturated carbocycles. The number of amides is 1. The third-order valence-electron chi connectivity index (χ3n) is 4.50. The summed E-state index contributed by atoms with van der Waals surface area (Å²) < 4.78 is 0. The summed E-state index contributed by atoms with van der Waals surface area (Å²) in [4.78, 5) is 15.7. The van der Waals surface area contributed by atoms with Crippen LogP contribution in [0, 0.1) is 5.92 Å². The van der Waals surface area contributed by atoms with Crippen LogP contribution in [0.3, 0.4) is 0 Å². The lowest BCUT2D eigenvalue weighted by Gasteiger charge is -2.40. The van der Waals surface area contributed by atoms with Crippen molar-refractivity contribution in [2.45, 2.75) is 45.2 Å². The molecule has 1 amide bonds. The molecular weight excluding hydrogens is 226 g/mol. The Hall–Kier alpha value is -0.610. The zero-order chi connectivity index (χ0) is 13.1. The SMILES string of the molecule is CC(=O)N1CCC(NC2CCN(C)CC2C)CC1. The third kappa shape index (κ3) is 3.45. The first kappa shape index (κ1) is 13.8. The van der Waals surface area contributed by atoms with Crippen LogP contribution < -0.4 is 5.32 Å². The number of carbonyl (C=O) groups is 1. The number of nitrogens with one attached hydrogen (secondary N) is 1. The van der Waals surface area contributed by atoms with Gasteiger partial charge >= 0.3 is 0 Å². The van der Waals surface area contributed by atoms with Crippen molar-refractivity contribution in [2.75, 3.05) is 33.2 Å². The molecule has 0 aromatic heterocycles. The van der Waals surface area contributed by atoms with Gasteiger partial charge < -0.3 is 15.1 Å². The maximum atomic E-state index is 11.3. The number of hydrogen-bond acceptors (Lipinski definition) is 3. The van der Waals surface area contributed by atoms with E-state index in [0.29, 0.717) is 12.1 Å². The molecule has 2 saturated heterocycles. The van der Waals surface area contributed by atoms with Crippen molar-refractivity contribution in [3.8, 4) is 0 Å². The summed E-state index contributed by atoms with van der Waals surface area (Å²) in [6, 6.07) is 1.27. The normalized spacial score (nSPS) is 31.6. The molecular formula is C14H27N3O. The van der Waals surface area contributed by atoms with Crippen LogP contribution in [0.5, 0.6) is 0 Å². The van der Waals surface area contributed by atoms with E-state index in [4.69, 9.17) is 0 Å². The van der Waals surface area contributed by atoms with Crippen LogP contribution >= 0.6 is 0 Å². The van der Waals surface area contributed by atoms with Gasteiger partial charge in [-0.15, -0.1) is 0 Å². The second kappa shape index (κ2) is 6.02. The highest BCUT2D eigenvalue weighted by molar-refractivity contribution is 5.73. The minimum Gasteiger partial charge on any atom is -0.343 e. The van der Waals surface area contributed by atoms with Crippen molar-refractivity contribution < 1.29 is 4.79 Å². The third-order valence-corrected chi connectivity index (χ3v) is 4.50. The number of rotatable bonds is 2. The standard InChI is InChI=1S/C14H27N3O/c1-11-10-16(3)7-6-14(11)15-13-4-8-17(9-5-13)12(2)18/h11,13-15H,4-10H2,1-3H3. The Morgan fingerprint density at radius 1 is 1.17 bits per heavy atom. The Morgan fingerprint density at radius 2 is 1.83 bits per heavy atom. The van der Waals surface area contributed by atoms with Gasteiger partial charge in [0.1, 0.15) is 0 Å². The zero-order valence-electron chi connectivity index (χ0n) is 12.0. The highest BCUT2D eigenvalue weighted by Crippen LogP contribution is 2.19. The molecule has 0 aromatic carbocycles. The molecule has 2 aliphatic heterocycles. The van der Waals surface area contributed by atoms with Crippen LogP contribution in [-0.2, 0) is 4.79 Å². The summed E-state index contributed by atoms with van der Waals surface area (Å²) in [5.74, 6) is 0.954. The highest BCUT2D eigenvalue weighted by atomic mass is 16.2. The zero-order valence-corrected chi connectivity index (χ0v) is 12.0. The molecule has 0 spiro atoms. The lowest BCUT2D eigenvalue weighted by molar-refractivity contribution is -0.129. The fraction of sp³-hybridized carbons (Fsp3) is 0.929. The minimum absolute atomic E-state index is 0.223. The Labute approximate surface area is 111 Å². The average molecular weight is 253 g/mol. The van der Waals surface area contributed by atoms with Gasteiger partial charge in [0.2, 0.25) is 5.91 Å². The molecule has 104 valence electrons. The van der Waals surface area contributed by atoms with Gasteiger partial charge in [0.15, 0.2) is 0 Å². The molecule has 1 N–H and O–H groups in total. The lowest BCUT2D eigenvalue weighted by atomic mass is 9.92. The van der Waals surface area contributed by atoms with E-state index in [0.717, 1.165) is 31.8 Å². The summed E-state index contributed by atoms with van der Waals surface area (Å²) in [5, 5.41) is 3.82. The molecule has 2 atom stereocenters. The molecule has 18 heavy (non-hydrogen) atoms. The van der Waals surface area contributed by atoms with E-state index in [1.165, 1.54) is 19.5 Å². The van der Waals surface area contributed by atoms with E-state index in [-0.39, 0.29) is 5.91 Å². The van der Waals surface area contributed by atoms with Crippen molar-refractivity contribution >= 4 is 5.91 Å². The molecule has 0 bridgehead atoms. The van der Waals surface area contributed by atoms with Gasteiger partial charge in [-0.3, -0.25) is 4.79 Å². The van der Waals surface area contributed by atoms with Crippen LogP contribution in [0.2, 0.25) is 0 Å². The number of carbonyl (C=O) groups excluding carboxylic acids is 1. The first-order valence-electron chi connectivity index (χ1n) is 7.26. The second-order valence-corrected chi connectivity index (χ2v) is 6.08. The Bertz CT molecular complexity index is 287. The van der Waals surface area contributed by atoms with E-state index in [2.05, 4.69) is 24.2 Å². The fourth-order valence-electron chi connectivity index (χ4n) is 3.27. The quantitative estimate of drug-likeness (QED) is 0.795. The Kier molecular flexibility index (Phi) is 4.62. The lowest BCUT2D eigenvalue weighted by Crippen LogP contribution is -2.53. The molecule has 4 heteroatoms. The Balaban J connectivity index is 1.76. The number of likely N-dealkylation sites (tertiary alicyclic amines) is 2. The molecule has 2 aliphatic rings. The first-order valence-corrected chi connectivity index (χ1v) is 7.26. The van der Waals surface area contributed by atoms with Gasteiger partial charge in [-0.2, -0.15) is 0 Å². The second-order valence-electron chi connectivity index (χ2n) is 6.08. The van der Waals surface area contributed by atoms with E-state index in [9.17, 15) is 4.79 Å². The van der Waals surface area contributed by atoms with E-state index < -0.39 is 0 Å². The largest absolute Gasteiger partial charge is 0.343 e. The molecule has 2 heterocycles. The van der Waals surface area contributed by atoms with Crippen molar-refractivity contribution in [3.63, 3.8) is 0 Å². The molecule has 2 rings (SSSR count). The van der Waals surface area contributed by atoms with E-state index >= 15 is 0 Å². The summed E-state index contributed by atoms with van der Waals surface area (Å²) in [7, 11) is 2.21. The Morgan fingerprint density at radius 3 is 2.39 bits per heavy atom. The van der Waals surface area contributed by atoms with Crippen molar-refractivity contribution in [2.24, 2.45) is 5.92 Å². The topological polar surface area (TPSA) is 35.6 Å². The number of hydrogen-bond donors (Lipinski definition) is 1. The van der Waals surface area contributed by atoms with Gasteiger partial charge in [0.25, 0.3) is 0 Å². The average Bonchev–Trinajstić information content (AvgIpc) is 2.33. The van der Waals surface area contributed by atoms with Crippen molar-refractivity contribution in [1.29, 1.82) is 0 Å². The predicted octanol–water partition coefficient (Wildman–Crippen LogP) is 0.927. The first-order chi connectivity index (χ1) is 8.56. The maximum absolute atomic E-state index is 11.3. The summed E-state index contributed by atoms with van der Waals surface area (Å²) in [5.41, 5.74) is 0. The fourth-order valence-corrected chi connectivity index (χ4v) is 3.27. The van der Waals surface area contributed by atoms with Crippen molar-refractivity contribution in [3.05, 3.63) is 0 Å². The molecule has 4 nitrogen and oxygen atoms in total. The van der Waals surface area contributed by atoms with Crippen LogP contribution in [0.25, 0.3) is 0 Å². The predicted molar refractivity (Wildman–Crippen MR) is 73.5 cm³/mol. The van der Waals surface area contributed by atoms with E-state index in [1.807, 2.05) is 4.90 Å². The van der Waals surface area contributed by atoms with Crippen LogP contribution in [-0.4, -0.2) is 61.0 Å². The van der Waals surface area contributed by atoms with Gasteiger partial charge in [-0.05, 0) is 38.8 Å². The summed E-state index contributed by atoms with van der Waals surface area (Å²) >= 11 is 0. The van der Waals surface area contributed by atoms with Gasteiger partial charge in [0.05, 0.1) is 0 Å². The van der Waals surface area contributed by atoms with Crippen LogP contribution in [0.4, 0.5) is 0 Å². The van der Waals surface area contributed by atoms with Gasteiger partial charge in [0, 0.05) is 38.6 Å². The molecule has 2 unspecified atom stereocenters. The minimum atomic E-state index is 0.223. The van der Waals surface area contributed by atoms with Crippen LogP contribution in [0.1, 0.15) is 33.1 Å². The molecule has 0 aliphatic carbocycles. The highest BCUT2D eigenvalue weighted by Gasteiger charge is 2.28. The molecule has 0 radical (unpaired) electrons. The monoisotopic (exact) mass is 253 g/mol.